The third-order valence-corrected chi connectivity index (χ3v) is 4.27. The lowest BCUT2D eigenvalue weighted by molar-refractivity contribution is -0.121. The summed E-state index contributed by atoms with van der Waals surface area (Å²) in [5.41, 5.74) is 2.09. The minimum absolute atomic E-state index is 0.00714. The van der Waals surface area contributed by atoms with Gasteiger partial charge in [-0.2, -0.15) is 0 Å². The molecule has 0 atom stereocenters. The van der Waals surface area contributed by atoms with E-state index in [1.54, 1.807) is 21.3 Å². The molecule has 2 aromatic rings. The molecule has 5 nitrogen and oxygen atoms in total. The zero-order chi connectivity index (χ0) is 18.9. The molecule has 0 unspecified atom stereocenters. The van der Waals surface area contributed by atoms with E-state index in [9.17, 15) is 4.79 Å². The Labute approximate surface area is 159 Å². The number of halogens is 1. The van der Waals surface area contributed by atoms with Crippen LogP contribution in [0, 0.1) is 0 Å². The predicted octanol–water partition coefficient (Wildman–Crippen LogP) is 3.66. The fourth-order valence-electron chi connectivity index (χ4n) is 2.62. The number of benzene rings is 2. The number of carbonyl (C=O) groups is 1. The number of rotatable bonds is 9. The highest BCUT2D eigenvalue weighted by Crippen LogP contribution is 2.38. The molecule has 0 fully saturated rings. The summed E-state index contributed by atoms with van der Waals surface area (Å²) in [6.45, 7) is 0.593. The van der Waals surface area contributed by atoms with Crippen molar-refractivity contribution in [2.45, 2.75) is 19.3 Å². The number of nitrogens with one attached hydrogen (secondary N) is 1. The molecular formula is C20H24ClNO4. The Morgan fingerprint density at radius 1 is 0.923 bits per heavy atom. The van der Waals surface area contributed by atoms with E-state index in [-0.39, 0.29) is 5.91 Å². The van der Waals surface area contributed by atoms with Crippen LogP contribution in [0.25, 0.3) is 0 Å². The van der Waals surface area contributed by atoms with Gasteiger partial charge >= 0.3 is 0 Å². The van der Waals surface area contributed by atoms with Crippen molar-refractivity contribution in [3.05, 3.63) is 52.5 Å². The van der Waals surface area contributed by atoms with Crippen molar-refractivity contribution in [2.24, 2.45) is 0 Å². The zero-order valence-corrected chi connectivity index (χ0v) is 16.1. The third kappa shape index (κ3) is 5.56. The van der Waals surface area contributed by atoms with Crippen molar-refractivity contribution in [3.8, 4) is 17.2 Å². The van der Waals surface area contributed by atoms with Crippen molar-refractivity contribution >= 4 is 17.5 Å². The Morgan fingerprint density at radius 3 is 2.08 bits per heavy atom. The van der Waals surface area contributed by atoms with Crippen molar-refractivity contribution in [2.75, 3.05) is 27.9 Å². The monoisotopic (exact) mass is 377 g/mol. The second-order valence-electron chi connectivity index (χ2n) is 5.76. The van der Waals surface area contributed by atoms with E-state index in [0.29, 0.717) is 41.7 Å². The van der Waals surface area contributed by atoms with Gasteiger partial charge in [-0.1, -0.05) is 23.7 Å². The summed E-state index contributed by atoms with van der Waals surface area (Å²) in [6, 6.07) is 11.4. The smallest absolute Gasteiger partial charge is 0.220 e. The van der Waals surface area contributed by atoms with E-state index in [0.717, 1.165) is 17.5 Å². The first kappa shape index (κ1) is 19.9. The van der Waals surface area contributed by atoms with Gasteiger partial charge in [0.05, 0.1) is 21.3 Å². The van der Waals surface area contributed by atoms with Crippen molar-refractivity contribution in [3.63, 3.8) is 0 Å². The van der Waals surface area contributed by atoms with Gasteiger partial charge in [-0.25, -0.2) is 0 Å². The lowest BCUT2D eigenvalue weighted by Crippen LogP contribution is -2.25. The lowest BCUT2D eigenvalue weighted by atomic mass is 10.1. The van der Waals surface area contributed by atoms with Gasteiger partial charge in [0.25, 0.3) is 0 Å². The molecule has 0 aliphatic heterocycles. The molecular weight excluding hydrogens is 354 g/mol. The molecule has 0 radical (unpaired) electrons. The molecule has 1 amide bonds. The number of carbonyl (C=O) groups excluding carboxylic acids is 1. The van der Waals surface area contributed by atoms with Crippen molar-refractivity contribution in [1.82, 2.24) is 5.32 Å². The number of hydrogen-bond donors (Lipinski definition) is 1. The van der Waals surface area contributed by atoms with Gasteiger partial charge in [0.15, 0.2) is 11.5 Å². The molecule has 140 valence electrons. The van der Waals surface area contributed by atoms with Crippen LogP contribution in [-0.2, 0) is 17.6 Å². The Bertz CT molecular complexity index is 706. The highest BCUT2D eigenvalue weighted by Gasteiger charge is 2.13. The van der Waals surface area contributed by atoms with E-state index in [2.05, 4.69) is 5.32 Å². The summed E-state index contributed by atoms with van der Waals surface area (Å²) in [4.78, 5) is 12.1. The van der Waals surface area contributed by atoms with Gasteiger partial charge < -0.3 is 19.5 Å². The fourth-order valence-corrected chi connectivity index (χ4v) is 2.75. The molecule has 0 aliphatic rings. The first-order valence-electron chi connectivity index (χ1n) is 8.37. The van der Waals surface area contributed by atoms with Gasteiger partial charge in [0.2, 0.25) is 11.7 Å². The van der Waals surface area contributed by atoms with Crippen molar-refractivity contribution in [1.29, 1.82) is 0 Å². The maximum absolute atomic E-state index is 12.1. The summed E-state index contributed by atoms with van der Waals surface area (Å²) in [5, 5.41) is 3.65. The van der Waals surface area contributed by atoms with Gasteiger partial charge in [0.1, 0.15) is 0 Å². The summed E-state index contributed by atoms with van der Waals surface area (Å²) in [5.74, 6) is 1.73. The van der Waals surface area contributed by atoms with Crippen LogP contribution in [0.2, 0.25) is 5.02 Å². The maximum Gasteiger partial charge on any atom is 0.220 e. The van der Waals surface area contributed by atoms with Crippen molar-refractivity contribution < 1.29 is 19.0 Å². The highest BCUT2D eigenvalue weighted by atomic mass is 35.5. The molecule has 0 heterocycles. The van der Waals surface area contributed by atoms with Crippen LogP contribution in [-0.4, -0.2) is 33.8 Å². The van der Waals surface area contributed by atoms with Crippen LogP contribution in [0.5, 0.6) is 17.2 Å². The first-order chi connectivity index (χ1) is 12.6. The number of ether oxygens (including phenoxy) is 3. The predicted molar refractivity (Wildman–Crippen MR) is 103 cm³/mol. The molecule has 0 spiro atoms. The van der Waals surface area contributed by atoms with Crippen LogP contribution in [0.1, 0.15) is 17.5 Å². The molecule has 0 saturated carbocycles. The number of amides is 1. The summed E-state index contributed by atoms with van der Waals surface area (Å²) in [6.07, 6.45) is 1.75. The normalized spacial score (nSPS) is 10.3. The molecule has 6 heteroatoms. The standard InChI is InChI=1S/C20H24ClNO4/c1-24-17-12-15(13-18(25-2)20(17)26-3)6-9-19(23)22-11-10-14-4-7-16(21)8-5-14/h4-5,7-8,12-13H,6,9-11H2,1-3H3,(H,22,23). The minimum Gasteiger partial charge on any atom is -0.493 e. The molecule has 26 heavy (non-hydrogen) atoms. The second kappa shape index (κ2) is 9.92. The summed E-state index contributed by atoms with van der Waals surface area (Å²) >= 11 is 5.86. The van der Waals surface area contributed by atoms with Gasteiger partial charge in [0, 0.05) is 18.0 Å². The average Bonchev–Trinajstić information content (AvgIpc) is 2.66. The Balaban J connectivity index is 1.85. The number of aryl methyl sites for hydroxylation is 1. The zero-order valence-electron chi connectivity index (χ0n) is 15.3. The largest absolute Gasteiger partial charge is 0.493 e. The van der Waals surface area contributed by atoms with E-state index in [1.165, 1.54) is 0 Å². The van der Waals surface area contributed by atoms with Crippen LogP contribution in [0.4, 0.5) is 0 Å². The van der Waals surface area contributed by atoms with Crippen LogP contribution in [0.3, 0.4) is 0 Å². The third-order valence-electron chi connectivity index (χ3n) is 4.01. The first-order valence-corrected chi connectivity index (χ1v) is 8.75. The lowest BCUT2D eigenvalue weighted by Gasteiger charge is -2.14. The Kier molecular flexibility index (Phi) is 7.60. The van der Waals surface area contributed by atoms with Crippen LogP contribution in [0.15, 0.2) is 36.4 Å². The van der Waals surface area contributed by atoms with E-state index < -0.39 is 0 Å². The molecule has 0 aromatic heterocycles. The number of hydrogen-bond acceptors (Lipinski definition) is 4. The van der Waals surface area contributed by atoms with Crippen LogP contribution >= 0.6 is 11.6 Å². The molecule has 2 rings (SSSR count). The van der Waals surface area contributed by atoms with E-state index >= 15 is 0 Å². The van der Waals surface area contributed by atoms with Crippen LogP contribution < -0.4 is 19.5 Å². The van der Waals surface area contributed by atoms with E-state index in [4.69, 9.17) is 25.8 Å². The number of methoxy groups -OCH3 is 3. The molecule has 0 aliphatic carbocycles. The summed E-state index contributed by atoms with van der Waals surface area (Å²) in [7, 11) is 4.71. The minimum atomic E-state index is 0.00714. The van der Waals surface area contributed by atoms with Gasteiger partial charge in [-0.15, -0.1) is 0 Å². The molecule has 2 aromatic carbocycles. The Morgan fingerprint density at radius 2 is 1.54 bits per heavy atom. The topological polar surface area (TPSA) is 56.8 Å². The fraction of sp³-hybridized carbons (Fsp3) is 0.350. The molecule has 1 N–H and O–H groups in total. The highest BCUT2D eigenvalue weighted by molar-refractivity contribution is 6.30. The van der Waals surface area contributed by atoms with E-state index in [1.807, 2.05) is 36.4 Å². The SMILES string of the molecule is COc1cc(CCC(=O)NCCc2ccc(Cl)cc2)cc(OC)c1OC. The Hall–Kier alpha value is -2.40. The van der Waals surface area contributed by atoms with Gasteiger partial charge in [-0.3, -0.25) is 4.79 Å². The molecule has 0 saturated heterocycles. The second-order valence-corrected chi connectivity index (χ2v) is 6.20. The molecule has 0 bridgehead atoms. The summed E-state index contributed by atoms with van der Waals surface area (Å²) < 4.78 is 16.0. The maximum atomic E-state index is 12.1. The average molecular weight is 378 g/mol. The quantitative estimate of drug-likeness (QED) is 0.724. The van der Waals surface area contributed by atoms with Gasteiger partial charge in [-0.05, 0) is 48.2 Å².